The molecule has 0 saturated carbocycles. The Morgan fingerprint density at radius 2 is 2.04 bits per heavy atom. The summed E-state index contributed by atoms with van der Waals surface area (Å²) < 4.78 is 5.59. The number of amides is 1. The number of nitrogens with zero attached hydrogens (tertiary/aromatic N) is 5. The van der Waals surface area contributed by atoms with E-state index in [1.54, 1.807) is 18.5 Å². The molecule has 2 aliphatic rings. The molecule has 0 aromatic carbocycles. The highest BCUT2D eigenvalue weighted by Gasteiger charge is 2.24. The van der Waals surface area contributed by atoms with Crippen molar-refractivity contribution in [3.05, 3.63) is 42.4 Å². The number of aromatic nitrogens is 3. The van der Waals surface area contributed by atoms with Gasteiger partial charge in [0.25, 0.3) is 5.91 Å². The van der Waals surface area contributed by atoms with Gasteiger partial charge in [0.2, 0.25) is 5.95 Å². The third kappa shape index (κ3) is 4.33. The van der Waals surface area contributed by atoms with Crippen LogP contribution in [0.15, 0.2) is 36.7 Å². The SMILES string of the molecule is O=C(c1ccnc(NCC2CCCO2)n1)N1CCN(c2ccccn2)CC1. The monoisotopic (exact) mass is 368 g/mol. The summed E-state index contributed by atoms with van der Waals surface area (Å²) in [6, 6.07) is 7.55. The Morgan fingerprint density at radius 3 is 2.78 bits per heavy atom. The molecule has 1 atom stereocenters. The van der Waals surface area contributed by atoms with E-state index in [1.807, 2.05) is 23.1 Å². The Bertz CT molecular complexity index is 758. The molecule has 1 N–H and O–H groups in total. The Balaban J connectivity index is 1.33. The lowest BCUT2D eigenvalue weighted by molar-refractivity contribution is 0.0740. The number of ether oxygens (including phenoxy) is 1. The smallest absolute Gasteiger partial charge is 0.272 e. The van der Waals surface area contributed by atoms with Crippen LogP contribution in [0.5, 0.6) is 0 Å². The summed E-state index contributed by atoms with van der Waals surface area (Å²) in [7, 11) is 0. The van der Waals surface area contributed by atoms with Gasteiger partial charge in [-0.25, -0.2) is 15.0 Å². The largest absolute Gasteiger partial charge is 0.376 e. The second kappa shape index (κ2) is 8.30. The van der Waals surface area contributed by atoms with Crippen molar-refractivity contribution in [1.29, 1.82) is 0 Å². The molecule has 142 valence electrons. The van der Waals surface area contributed by atoms with E-state index in [4.69, 9.17) is 4.74 Å². The van der Waals surface area contributed by atoms with Gasteiger partial charge in [0.1, 0.15) is 11.5 Å². The zero-order valence-corrected chi connectivity index (χ0v) is 15.3. The Labute approximate surface area is 158 Å². The predicted octanol–water partition coefficient (Wildman–Crippen LogP) is 1.42. The molecule has 2 aromatic rings. The van der Waals surface area contributed by atoms with Gasteiger partial charge in [-0.1, -0.05) is 6.07 Å². The summed E-state index contributed by atoms with van der Waals surface area (Å²) in [6.07, 6.45) is 5.76. The average Bonchev–Trinajstić information content (AvgIpc) is 3.26. The van der Waals surface area contributed by atoms with Crippen molar-refractivity contribution >= 4 is 17.7 Å². The fourth-order valence-corrected chi connectivity index (χ4v) is 3.41. The number of rotatable bonds is 5. The van der Waals surface area contributed by atoms with E-state index in [-0.39, 0.29) is 12.0 Å². The van der Waals surface area contributed by atoms with E-state index in [1.165, 1.54) is 0 Å². The van der Waals surface area contributed by atoms with Gasteiger partial charge in [-0.2, -0.15) is 0 Å². The molecular formula is C19H24N6O2. The molecule has 2 aliphatic heterocycles. The molecule has 8 heteroatoms. The normalized spacial score (nSPS) is 19.9. The molecule has 8 nitrogen and oxygen atoms in total. The molecule has 4 rings (SSSR count). The van der Waals surface area contributed by atoms with E-state index in [9.17, 15) is 4.79 Å². The highest BCUT2D eigenvalue weighted by atomic mass is 16.5. The van der Waals surface area contributed by atoms with Gasteiger partial charge in [0.05, 0.1) is 6.10 Å². The maximum atomic E-state index is 12.8. The number of pyridine rings is 1. The van der Waals surface area contributed by atoms with Gasteiger partial charge in [-0.15, -0.1) is 0 Å². The van der Waals surface area contributed by atoms with Crippen LogP contribution in [0, 0.1) is 0 Å². The number of carbonyl (C=O) groups excluding carboxylic acids is 1. The maximum absolute atomic E-state index is 12.8. The van der Waals surface area contributed by atoms with Crippen LogP contribution in [0.2, 0.25) is 0 Å². The first-order chi connectivity index (χ1) is 13.3. The van der Waals surface area contributed by atoms with Crippen LogP contribution in [0.3, 0.4) is 0 Å². The number of hydrogen-bond acceptors (Lipinski definition) is 7. The maximum Gasteiger partial charge on any atom is 0.272 e. The Morgan fingerprint density at radius 1 is 1.15 bits per heavy atom. The van der Waals surface area contributed by atoms with Gasteiger partial charge < -0.3 is 19.9 Å². The van der Waals surface area contributed by atoms with E-state index < -0.39 is 0 Å². The van der Waals surface area contributed by atoms with Crippen molar-refractivity contribution in [3.63, 3.8) is 0 Å². The molecule has 0 bridgehead atoms. The van der Waals surface area contributed by atoms with Crippen molar-refractivity contribution in [2.45, 2.75) is 18.9 Å². The lowest BCUT2D eigenvalue weighted by Crippen LogP contribution is -2.49. The van der Waals surface area contributed by atoms with Gasteiger partial charge in [0.15, 0.2) is 0 Å². The fraction of sp³-hybridized carbons (Fsp3) is 0.474. The summed E-state index contributed by atoms with van der Waals surface area (Å²) in [6.45, 7) is 4.31. The third-order valence-electron chi connectivity index (χ3n) is 4.93. The van der Waals surface area contributed by atoms with Crippen molar-refractivity contribution in [2.75, 3.05) is 49.5 Å². The number of carbonyl (C=O) groups is 1. The highest BCUT2D eigenvalue weighted by Crippen LogP contribution is 2.15. The summed E-state index contributed by atoms with van der Waals surface area (Å²) >= 11 is 0. The van der Waals surface area contributed by atoms with Gasteiger partial charge in [-0.05, 0) is 31.0 Å². The zero-order valence-electron chi connectivity index (χ0n) is 15.3. The number of hydrogen-bond donors (Lipinski definition) is 1. The van der Waals surface area contributed by atoms with Crippen LogP contribution in [-0.4, -0.2) is 71.2 Å². The van der Waals surface area contributed by atoms with Gasteiger partial charge in [-0.3, -0.25) is 4.79 Å². The first kappa shape index (κ1) is 17.7. The quantitative estimate of drug-likeness (QED) is 0.855. The van der Waals surface area contributed by atoms with E-state index in [0.29, 0.717) is 31.3 Å². The predicted molar refractivity (Wildman–Crippen MR) is 102 cm³/mol. The minimum absolute atomic E-state index is 0.0572. The molecule has 1 amide bonds. The van der Waals surface area contributed by atoms with E-state index in [2.05, 4.69) is 25.2 Å². The van der Waals surface area contributed by atoms with E-state index >= 15 is 0 Å². The molecule has 1 unspecified atom stereocenters. The van der Waals surface area contributed by atoms with Crippen LogP contribution < -0.4 is 10.2 Å². The molecule has 2 saturated heterocycles. The zero-order chi connectivity index (χ0) is 18.5. The Hall–Kier alpha value is -2.74. The van der Waals surface area contributed by atoms with Crippen LogP contribution in [0.25, 0.3) is 0 Å². The average molecular weight is 368 g/mol. The molecule has 0 spiro atoms. The number of nitrogens with one attached hydrogen (secondary N) is 1. The van der Waals surface area contributed by atoms with E-state index in [0.717, 1.165) is 38.4 Å². The molecule has 27 heavy (non-hydrogen) atoms. The molecular weight excluding hydrogens is 344 g/mol. The number of anilines is 2. The second-order valence-corrected chi connectivity index (χ2v) is 6.75. The van der Waals surface area contributed by atoms with Gasteiger partial charge in [0, 0.05) is 51.7 Å². The summed E-state index contributed by atoms with van der Waals surface area (Å²) in [5, 5.41) is 3.18. The molecule has 4 heterocycles. The van der Waals surface area contributed by atoms with Crippen LogP contribution in [-0.2, 0) is 4.74 Å². The lowest BCUT2D eigenvalue weighted by Gasteiger charge is -2.35. The van der Waals surface area contributed by atoms with Crippen LogP contribution >= 0.6 is 0 Å². The topological polar surface area (TPSA) is 83.5 Å². The summed E-state index contributed by atoms with van der Waals surface area (Å²) in [5.41, 5.74) is 0.422. The fourth-order valence-electron chi connectivity index (χ4n) is 3.41. The van der Waals surface area contributed by atoms with Crippen LogP contribution in [0.1, 0.15) is 23.3 Å². The Kier molecular flexibility index (Phi) is 5.43. The van der Waals surface area contributed by atoms with Crippen molar-refractivity contribution in [2.24, 2.45) is 0 Å². The lowest BCUT2D eigenvalue weighted by atomic mass is 10.2. The molecule has 0 aliphatic carbocycles. The van der Waals surface area contributed by atoms with Crippen LogP contribution in [0.4, 0.5) is 11.8 Å². The minimum atomic E-state index is -0.0572. The molecule has 0 radical (unpaired) electrons. The second-order valence-electron chi connectivity index (χ2n) is 6.75. The van der Waals surface area contributed by atoms with Gasteiger partial charge >= 0.3 is 0 Å². The minimum Gasteiger partial charge on any atom is -0.376 e. The van der Waals surface area contributed by atoms with Crippen molar-refractivity contribution < 1.29 is 9.53 Å². The third-order valence-corrected chi connectivity index (χ3v) is 4.93. The summed E-state index contributed by atoms with van der Waals surface area (Å²) in [4.78, 5) is 29.8. The number of piperazine rings is 1. The molecule has 2 aromatic heterocycles. The standard InChI is InChI=1S/C19H24N6O2/c26-18(25-11-9-24(10-12-25)17-5-1-2-7-20-17)16-6-8-21-19(23-16)22-14-15-4-3-13-27-15/h1-2,5-8,15H,3-4,9-14H2,(H,21,22,23). The first-order valence-electron chi connectivity index (χ1n) is 9.43. The van der Waals surface area contributed by atoms with Crippen molar-refractivity contribution in [3.8, 4) is 0 Å². The first-order valence-corrected chi connectivity index (χ1v) is 9.43. The highest BCUT2D eigenvalue weighted by molar-refractivity contribution is 5.92. The summed E-state index contributed by atoms with van der Waals surface area (Å²) in [5.74, 6) is 1.37. The molecule has 2 fully saturated rings. The van der Waals surface area contributed by atoms with Crippen molar-refractivity contribution in [1.82, 2.24) is 19.9 Å².